The van der Waals surface area contributed by atoms with Gasteiger partial charge in [-0.05, 0) is 55.9 Å². The fraction of sp³-hybridized carbons (Fsp3) is 0.719. The van der Waals surface area contributed by atoms with Crippen molar-refractivity contribution in [3.8, 4) is 0 Å². The normalized spacial score (nSPS) is 35.4. The van der Waals surface area contributed by atoms with Gasteiger partial charge < -0.3 is 24.4 Å². The molecule has 0 amide bonds. The molecule has 9 nitrogen and oxygen atoms in total. The number of carbonyl (C=O) groups excluding carboxylic acids is 3. The largest absolute Gasteiger partial charge is 0.461 e. The summed E-state index contributed by atoms with van der Waals surface area (Å²) in [4.78, 5) is 37.8. The van der Waals surface area contributed by atoms with Crippen LogP contribution in [0.5, 0.6) is 0 Å². The molecule has 1 saturated carbocycles. The molecule has 41 heavy (non-hydrogen) atoms. The van der Waals surface area contributed by atoms with E-state index in [4.69, 9.17) is 18.9 Å². The Balaban J connectivity index is 2.12. The van der Waals surface area contributed by atoms with Gasteiger partial charge in [-0.2, -0.15) is 0 Å². The summed E-state index contributed by atoms with van der Waals surface area (Å²) in [5, 5.41) is 21.6. The van der Waals surface area contributed by atoms with Gasteiger partial charge in [0.05, 0.1) is 18.6 Å². The Bertz CT molecular complexity index is 1050. The smallest absolute Gasteiger partial charge is 0.308 e. The second-order valence-corrected chi connectivity index (χ2v) is 12.3. The average molecular weight is 577 g/mol. The average Bonchev–Trinajstić information content (AvgIpc) is 3.17. The highest BCUT2D eigenvalue weighted by Crippen LogP contribution is 2.67. The van der Waals surface area contributed by atoms with E-state index in [1.807, 2.05) is 6.92 Å². The monoisotopic (exact) mass is 576 g/mol. The summed E-state index contributed by atoms with van der Waals surface area (Å²) >= 11 is 0. The Hall–Kier alpha value is -2.49. The lowest BCUT2D eigenvalue weighted by molar-refractivity contribution is -0.257. The molecule has 9 atom stereocenters. The molecule has 0 radical (unpaired) electrons. The summed E-state index contributed by atoms with van der Waals surface area (Å²) < 4.78 is 23.6. The van der Waals surface area contributed by atoms with Gasteiger partial charge in [0.15, 0.2) is 0 Å². The van der Waals surface area contributed by atoms with Gasteiger partial charge in [-0.3, -0.25) is 19.1 Å². The summed E-state index contributed by atoms with van der Waals surface area (Å²) in [6, 6.07) is 0. The lowest BCUT2D eigenvalue weighted by atomic mass is 9.45. The van der Waals surface area contributed by atoms with E-state index in [-0.39, 0.29) is 18.3 Å². The number of rotatable bonds is 12. The third-order valence-corrected chi connectivity index (χ3v) is 9.39. The van der Waals surface area contributed by atoms with E-state index < -0.39 is 59.6 Å². The van der Waals surface area contributed by atoms with Crippen molar-refractivity contribution in [1.29, 1.82) is 0 Å². The zero-order valence-electron chi connectivity index (χ0n) is 25.4. The van der Waals surface area contributed by atoms with E-state index in [1.165, 1.54) is 13.8 Å². The Labute approximate surface area is 243 Å². The molecule has 0 aromatic carbocycles. The van der Waals surface area contributed by atoms with E-state index in [9.17, 15) is 24.6 Å². The van der Waals surface area contributed by atoms with Crippen molar-refractivity contribution in [2.45, 2.75) is 124 Å². The Kier molecular flexibility index (Phi) is 11.0. The third kappa shape index (κ3) is 6.95. The van der Waals surface area contributed by atoms with Crippen LogP contribution in [0, 0.1) is 22.7 Å². The second kappa shape index (κ2) is 13.7. The molecular weight excluding hydrogens is 528 g/mol. The Morgan fingerprint density at radius 2 is 1.83 bits per heavy atom. The van der Waals surface area contributed by atoms with Gasteiger partial charge in [0.25, 0.3) is 0 Å². The number of aliphatic hydroxyl groups excluding tert-OH is 2. The molecule has 2 unspecified atom stereocenters. The molecule has 0 aromatic rings. The first kappa shape index (κ1) is 33.0. The van der Waals surface area contributed by atoms with E-state index in [2.05, 4.69) is 33.4 Å². The van der Waals surface area contributed by atoms with Crippen LogP contribution in [-0.4, -0.2) is 59.0 Å². The summed E-state index contributed by atoms with van der Waals surface area (Å²) in [5.74, 6) is -2.15. The molecule has 0 bridgehead atoms. The second-order valence-electron chi connectivity index (χ2n) is 12.3. The quantitative estimate of drug-likeness (QED) is 0.110. The van der Waals surface area contributed by atoms with Gasteiger partial charge in [-0.25, -0.2) is 0 Å². The number of esters is 3. The van der Waals surface area contributed by atoms with Crippen LogP contribution in [-0.2, 0) is 33.3 Å². The summed E-state index contributed by atoms with van der Waals surface area (Å²) in [5.41, 5.74) is -0.237. The van der Waals surface area contributed by atoms with Crippen LogP contribution >= 0.6 is 0 Å². The first-order chi connectivity index (χ1) is 19.3. The number of aliphatic hydroxyl groups is 2. The maximum Gasteiger partial charge on any atom is 0.308 e. The fourth-order valence-corrected chi connectivity index (χ4v) is 7.05. The van der Waals surface area contributed by atoms with Gasteiger partial charge >= 0.3 is 17.9 Å². The van der Waals surface area contributed by atoms with Crippen molar-refractivity contribution in [3.05, 3.63) is 36.0 Å². The minimum Gasteiger partial charge on any atom is -0.461 e. The molecule has 0 aromatic heterocycles. The van der Waals surface area contributed by atoms with Crippen molar-refractivity contribution in [1.82, 2.24) is 0 Å². The first-order valence-corrected chi connectivity index (χ1v) is 14.9. The fourth-order valence-electron chi connectivity index (χ4n) is 7.05. The predicted molar refractivity (Wildman–Crippen MR) is 152 cm³/mol. The van der Waals surface area contributed by atoms with Crippen LogP contribution < -0.4 is 0 Å². The molecule has 3 aliphatic rings. The molecule has 1 heterocycles. The SMILES string of the molecule is C=C/C(C)=C/C[C@@]1(C)[C@@H](C)C[C@@H](OC(=O)CC(O)CCCCC)C23C(=C[C@H](O)C[C@@H]21)[C@H](OC(C)=O)O[C@H]3OC(C)=O. The highest BCUT2D eigenvalue weighted by atomic mass is 16.8. The zero-order valence-corrected chi connectivity index (χ0v) is 25.4. The van der Waals surface area contributed by atoms with Crippen LogP contribution in [0.15, 0.2) is 36.0 Å². The van der Waals surface area contributed by atoms with E-state index in [1.54, 1.807) is 12.2 Å². The van der Waals surface area contributed by atoms with Crippen molar-refractivity contribution < 1.29 is 43.5 Å². The molecule has 2 N–H and O–H groups in total. The molecule has 2 fully saturated rings. The van der Waals surface area contributed by atoms with Gasteiger partial charge in [0.2, 0.25) is 12.6 Å². The van der Waals surface area contributed by atoms with Gasteiger partial charge in [0, 0.05) is 19.4 Å². The minimum atomic E-state index is -1.23. The van der Waals surface area contributed by atoms with Crippen LogP contribution in [0.4, 0.5) is 0 Å². The highest BCUT2D eigenvalue weighted by Gasteiger charge is 2.72. The first-order valence-electron chi connectivity index (χ1n) is 14.9. The molecule has 1 spiro atoms. The van der Waals surface area contributed by atoms with Crippen LogP contribution in [0.1, 0.15) is 92.9 Å². The van der Waals surface area contributed by atoms with E-state index >= 15 is 0 Å². The number of carbonyl (C=O) groups is 3. The van der Waals surface area contributed by atoms with Gasteiger partial charge in [0.1, 0.15) is 11.5 Å². The van der Waals surface area contributed by atoms with Gasteiger partial charge in [-0.1, -0.05) is 64.3 Å². The van der Waals surface area contributed by atoms with Crippen molar-refractivity contribution in [3.63, 3.8) is 0 Å². The lowest BCUT2D eigenvalue weighted by Gasteiger charge is -2.60. The predicted octanol–water partition coefficient (Wildman–Crippen LogP) is 4.90. The molecule has 1 saturated heterocycles. The lowest BCUT2D eigenvalue weighted by Crippen LogP contribution is -2.63. The number of unbranched alkanes of at least 4 members (excludes halogenated alkanes) is 2. The highest BCUT2D eigenvalue weighted by molar-refractivity contribution is 5.71. The molecule has 2 aliphatic carbocycles. The maximum absolute atomic E-state index is 13.3. The molecular formula is C32H48O9. The van der Waals surface area contributed by atoms with E-state index in [0.29, 0.717) is 31.3 Å². The van der Waals surface area contributed by atoms with Crippen molar-refractivity contribution in [2.75, 3.05) is 0 Å². The van der Waals surface area contributed by atoms with Crippen molar-refractivity contribution >= 4 is 17.9 Å². The third-order valence-electron chi connectivity index (χ3n) is 9.39. The Morgan fingerprint density at radius 1 is 1.15 bits per heavy atom. The maximum atomic E-state index is 13.3. The summed E-state index contributed by atoms with van der Waals surface area (Å²) in [6.07, 6.45) is 4.93. The molecule has 1 aliphatic heterocycles. The van der Waals surface area contributed by atoms with Crippen LogP contribution in [0.25, 0.3) is 0 Å². The molecule has 9 heteroatoms. The minimum absolute atomic E-state index is 0.0107. The molecule has 3 rings (SSSR count). The summed E-state index contributed by atoms with van der Waals surface area (Å²) in [7, 11) is 0. The zero-order chi connectivity index (χ0) is 30.5. The molecule has 230 valence electrons. The standard InChI is InChI=1S/C32H48O9/c1-8-10-11-12-23(35)18-28(37)40-27-15-20(4)31(7,14-13-19(3)9-2)26-17-24(36)16-25-29(38-21(5)33)41-30(32(25,26)27)39-22(6)34/h9,13,16,20,23-24,26-27,29-30,35-36H,2,8,10-12,14-15,17-18H2,1,3-7H3/b19-13+/t20-,23?,24-,26+,27+,29+,30+,31-,32?/m0/s1. The van der Waals surface area contributed by atoms with Crippen molar-refractivity contribution in [2.24, 2.45) is 22.7 Å². The van der Waals surface area contributed by atoms with E-state index in [0.717, 1.165) is 24.8 Å². The number of allylic oxidation sites excluding steroid dienone is 3. The summed E-state index contributed by atoms with van der Waals surface area (Å²) in [6.45, 7) is 14.6. The number of hydrogen-bond donors (Lipinski definition) is 2. The van der Waals surface area contributed by atoms with Gasteiger partial charge in [-0.15, -0.1) is 0 Å². The van der Waals surface area contributed by atoms with Crippen LogP contribution in [0.2, 0.25) is 0 Å². The van der Waals surface area contributed by atoms with Crippen LogP contribution in [0.3, 0.4) is 0 Å². The Morgan fingerprint density at radius 3 is 2.44 bits per heavy atom. The number of ether oxygens (including phenoxy) is 4. The topological polar surface area (TPSA) is 129 Å². The number of hydrogen-bond acceptors (Lipinski definition) is 9.